The fourth-order valence-electron chi connectivity index (χ4n) is 4.64. The summed E-state index contributed by atoms with van der Waals surface area (Å²) in [7, 11) is 0. The molecule has 4 unspecified atom stereocenters. The third kappa shape index (κ3) is 4.83. The molecule has 0 radical (unpaired) electrons. The highest BCUT2D eigenvalue weighted by molar-refractivity contribution is 14.0. The number of fused-ring (bicyclic) bond motifs is 1. The number of hydrogen-bond donors (Lipinski definition) is 2. The highest BCUT2D eigenvalue weighted by Gasteiger charge is 2.58. The lowest BCUT2D eigenvalue weighted by Crippen LogP contribution is -2.71. The Morgan fingerprint density at radius 3 is 2.69 bits per heavy atom. The van der Waals surface area contributed by atoms with Crippen molar-refractivity contribution >= 4 is 29.9 Å². The van der Waals surface area contributed by atoms with Gasteiger partial charge in [0.1, 0.15) is 0 Å². The lowest BCUT2D eigenvalue weighted by atomic mass is 9.55. The molecule has 1 saturated carbocycles. The van der Waals surface area contributed by atoms with Crippen LogP contribution in [0.1, 0.15) is 40.5 Å². The van der Waals surface area contributed by atoms with Crippen molar-refractivity contribution in [3.05, 3.63) is 0 Å². The van der Waals surface area contributed by atoms with E-state index in [0.29, 0.717) is 24.1 Å². The minimum absolute atomic E-state index is 0. The first-order valence-corrected chi connectivity index (χ1v) is 10.0. The van der Waals surface area contributed by atoms with Gasteiger partial charge in [-0.2, -0.15) is 0 Å². The van der Waals surface area contributed by atoms with Crippen LogP contribution < -0.4 is 10.6 Å². The SMILES string of the molecule is CCNC(=NCC(C)N1CCOCC1)NC1C2CCCOC2C1(C)C.I. The fourth-order valence-corrected chi connectivity index (χ4v) is 4.64. The molecule has 0 bridgehead atoms. The summed E-state index contributed by atoms with van der Waals surface area (Å²) in [6.45, 7) is 15.3. The van der Waals surface area contributed by atoms with Crippen LogP contribution in [-0.2, 0) is 9.47 Å². The first-order valence-electron chi connectivity index (χ1n) is 10.0. The minimum Gasteiger partial charge on any atom is -0.379 e. The molecule has 2 N–H and O–H groups in total. The van der Waals surface area contributed by atoms with E-state index < -0.39 is 0 Å². The fraction of sp³-hybridized carbons (Fsp3) is 0.947. The average Bonchev–Trinajstić information content (AvgIpc) is 2.64. The number of nitrogens with zero attached hydrogens (tertiary/aromatic N) is 2. The van der Waals surface area contributed by atoms with Gasteiger partial charge in [-0.25, -0.2) is 0 Å². The molecule has 3 rings (SSSR count). The van der Waals surface area contributed by atoms with E-state index in [1.165, 1.54) is 12.8 Å². The quantitative estimate of drug-likeness (QED) is 0.359. The van der Waals surface area contributed by atoms with Gasteiger partial charge in [-0.3, -0.25) is 9.89 Å². The molecule has 1 aliphatic carbocycles. The first-order chi connectivity index (χ1) is 12.0. The van der Waals surface area contributed by atoms with E-state index >= 15 is 0 Å². The van der Waals surface area contributed by atoms with E-state index in [2.05, 4.69) is 43.2 Å². The maximum Gasteiger partial charge on any atom is 0.191 e. The van der Waals surface area contributed by atoms with Crippen molar-refractivity contribution in [1.82, 2.24) is 15.5 Å². The molecule has 6 nitrogen and oxygen atoms in total. The summed E-state index contributed by atoms with van der Waals surface area (Å²) in [4.78, 5) is 7.35. The van der Waals surface area contributed by atoms with Gasteiger partial charge in [0.25, 0.3) is 0 Å². The minimum atomic E-state index is 0. The van der Waals surface area contributed by atoms with E-state index in [9.17, 15) is 0 Å². The Labute approximate surface area is 175 Å². The number of rotatable bonds is 5. The molecule has 2 saturated heterocycles. The Kier molecular flexibility index (Phi) is 8.43. The van der Waals surface area contributed by atoms with Crippen molar-refractivity contribution in [2.75, 3.05) is 46.0 Å². The monoisotopic (exact) mass is 480 g/mol. The van der Waals surface area contributed by atoms with Crippen LogP contribution in [0.4, 0.5) is 0 Å². The molecule has 3 fully saturated rings. The van der Waals surface area contributed by atoms with E-state index in [0.717, 1.165) is 52.0 Å². The second-order valence-corrected chi connectivity index (χ2v) is 8.26. The van der Waals surface area contributed by atoms with Crippen LogP contribution >= 0.6 is 24.0 Å². The molecule has 152 valence electrons. The van der Waals surface area contributed by atoms with Gasteiger partial charge in [0.15, 0.2) is 5.96 Å². The average molecular weight is 480 g/mol. The molecule has 0 aromatic heterocycles. The number of ether oxygens (including phenoxy) is 2. The van der Waals surface area contributed by atoms with Gasteiger partial charge < -0.3 is 20.1 Å². The summed E-state index contributed by atoms with van der Waals surface area (Å²) < 4.78 is 11.5. The second-order valence-electron chi connectivity index (χ2n) is 8.26. The van der Waals surface area contributed by atoms with E-state index in [-0.39, 0.29) is 29.4 Å². The van der Waals surface area contributed by atoms with Crippen molar-refractivity contribution in [2.24, 2.45) is 16.3 Å². The molecular weight excluding hydrogens is 443 g/mol. The van der Waals surface area contributed by atoms with Gasteiger partial charge >= 0.3 is 0 Å². The molecule has 0 aromatic rings. The zero-order valence-electron chi connectivity index (χ0n) is 16.8. The Morgan fingerprint density at radius 1 is 1.27 bits per heavy atom. The topological polar surface area (TPSA) is 58.1 Å². The maximum atomic E-state index is 6.02. The molecule has 0 amide bonds. The molecule has 0 spiro atoms. The number of nitrogens with one attached hydrogen (secondary N) is 2. The Bertz CT molecular complexity index is 468. The van der Waals surface area contributed by atoms with Crippen molar-refractivity contribution in [1.29, 1.82) is 0 Å². The normalized spacial score (nSPS) is 32.6. The third-order valence-corrected chi connectivity index (χ3v) is 6.15. The van der Waals surface area contributed by atoms with Crippen LogP contribution in [-0.4, -0.2) is 75.0 Å². The number of guanidine groups is 1. The number of halogens is 1. The van der Waals surface area contributed by atoms with Gasteiger partial charge in [0, 0.05) is 49.7 Å². The van der Waals surface area contributed by atoms with Crippen LogP contribution in [0.15, 0.2) is 4.99 Å². The summed E-state index contributed by atoms with van der Waals surface area (Å²) >= 11 is 0. The summed E-state index contributed by atoms with van der Waals surface area (Å²) in [6, 6.07) is 0.883. The molecule has 0 aromatic carbocycles. The Balaban J connectivity index is 0.00000243. The molecule has 4 atom stereocenters. The van der Waals surface area contributed by atoms with Crippen LogP contribution in [0, 0.1) is 11.3 Å². The number of hydrogen-bond acceptors (Lipinski definition) is 4. The highest BCUT2D eigenvalue weighted by atomic mass is 127. The summed E-state index contributed by atoms with van der Waals surface area (Å²) in [5.74, 6) is 1.56. The molecule has 3 aliphatic rings. The predicted octanol–water partition coefficient (Wildman–Crippen LogP) is 2.08. The molecule has 2 heterocycles. The lowest BCUT2D eigenvalue weighted by Gasteiger charge is -2.60. The van der Waals surface area contributed by atoms with Gasteiger partial charge in [0.2, 0.25) is 0 Å². The maximum absolute atomic E-state index is 6.02. The first kappa shape index (κ1) is 22.2. The van der Waals surface area contributed by atoms with Crippen molar-refractivity contribution in [3.63, 3.8) is 0 Å². The molecule has 26 heavy (non-hydrogen) atoms. The van der Waals surface area contributed by atoms with E-state index in [1.807, 2.05) is 0 Å². The number of morpholine rings is 1. The van der Waals surface area contributed by atoms with Crippen LogP contribution in [0.2, 0.25) is 0 Å². The highest BCUT2D eigenvalue weighted by Crippen LogP contribution is 2.51. The molecule has 2 aliphatic heterocycles. The van der Waals surface area contributed by atoms with Crippen molar-refractivity contribution < 1.29 is 9.47 Å². The van der Waals surface area contributed by atoms with Gasteiger partial charge in [-0.15, -0.1) is 24.0 Å². The van der Waals surface area contributed by atoms with E-state index in [4.69, 9.17) is 14.5 Å². The predicted molar refractivity (Wildman–Crippen MR) is 116 cm³/mol. The van der Waals surface area contributed by atoms with Gasteiger partial charge in [-0.05, 0) is 26.7 Å². The second kappa shape index (κ2) is 9.89. The third-order valence-electron chi connectivity index (χ3n) is 6.15. The summed E-state index contributed by atoms with van der Waals surface area (Å²) in [6.07, 6.45) is 2.83. The van der Waals surface area contributed by atoms with Gasteiger partial charge in [0.05, 0.1) is 25.9 Å². The zero-order chi connectivity index (χ0) is 17.9. The van der Waals surface area contributed by atoms with E-state index in [1.54, 1.807) is 0 Å². The van der Waals surface area contributed by atoms with Gasteiger partial charge in [-0.1, -0.05) is 13.8 Å². The van der Waals surface area contributed by atoms with Crippen LogP contribution in [0.25, 0.3) is 0 Å². The lowest BCUT2D eigenvalue weighted by molar-refractivity contribution is -0.188. The summed E-state index contributed by atoms with van der Waals surface area (Å²) in [5.41, 5.74) is 0.164. The van der Waals surface area contributed by atoms with Crippen LogP contribution in [0.3, 0.4) is 0 Å². The Morgan fingerprint density at radius 2 is 2.00 bits per heavy atom. The summed E-state index contributed by atoms with van der Waals surface area (Å²) in [5, 5.41) is 7.15. The zero-order valence-corrected chi connectivity index (χ0v) is 19.1. The van der Waals surface area contributed by atoms with Crippen molar-refractivity contribution in [3.8, 4) is 0 Å². The largest absolute Gasteiger partial charge is 0.379 e. The standard InChI is InChI=1S/C19H36N4O2.HI/c1-5-20-18(21-13-14(2)23-8-11-24-12-9-23)22-16-15-7-6-10-25-17(15)19(16,3)4;/h14-17H,5-13H2,1-4H3,(H2,20,21,22);1H. The molecular formula is C19H37IN4O2. The Hall–Kier alpha value is -0.120. The molecule has 7 heteroatoms. The number of aliphatic imine (C=N–C) groups is 1. The van der Waals surface area contributed by atoms with Crippen LogP contribution in [0.5, 0.6) is 0 Å². The van der Waals surface area contributed by atoms with Crippen molar-refractivity contribution in [2.45, 2.75) is 58.7 Å². The smallest absolute Gasteiger partial charge is 0.191 e.